The molecule has 1 atom stereocenters. The molecule has 5 heteroatoms. The average Bonchev–Trinajstić information content (AvgIpc) is 2.82. The van der Waals surface area contributed by atoms with Gasteiger partial charge in [0.15, 0.2) is 11.0 Å². The monoisotopic (exact) mass is 284 g/mol. The van der Waals surface area contributed by atoms with Gasteiger partial charge >= 0.3 is 0 Å². The van der Waals surface area contributed by atoms with Crippen molar-refractivity contribution in [1.82, 2.24) is 10.2 Å². The molecule has 0 aliphatic carbocycles. The van der Waals surface area contributed by atoms with E-state index in [4.69, 9.17) is 16.0 Å². The Morgan fingerprint density at radius 3 is 3.00 bits per heavy atom. The number of halogens is 1. The number of hydrogen-bond donors (Lipinski definition) is 1. The summed E-state index contributed by atoms with van der Waals surface area (Å²) in [6, 6.07) is 3.73. The minimum atomic E-state index is -0.0545. The van der Waals surface area contributed by atoms with Gasteiger partial charge in [0.05, 0.1) is 0 Å². The second-order valence-electron chi connectivity index (χ2n) is 5.43. The van der Waals surface area contributed by atoms with Crippen LogP contribution in [-0.4, -0.2) is 36.5 Å². The third kappa shape index (κ3) is 3.98. The topological polar surface area (TPSA) is 45.5 Å². The highest BCUT2D eigenvalue weighted by Crippen LogP contribution is 2.20. The van der Waals surface area contributed by atoms with Gasteiger partial charge in [-0.1, -0.05) is 13.8 Å². The van der Waals surface area contributed by atoms with E-state index in [1.807, 2.05) is 4.90 Å². The fourth-order valence-electron chi connectivity index (χ4n) is 2.40. The fraction of sp³-hybridized carbons (Fsp3) is 0.643. The molecule has 0 radical (unpaired) electrons. The molecule has 1 fully saturated rings. The lowest BCUT2D eigenvalue weighted by atomic mass is 9.97. The molecule has 106 valence electrons. The molecule has 1 saturated heterocycles. The van der Waals surface area contributed by atoms with Gasteiger partial charge in [0.2, 0.25) is 0 Å². The lowest BCUT2D eigenvalue weighted by molar-refractivity contribution is 0.0640. The van der Waals surface area contributed by atoms with Crippen molar-refractivity contribution in [3.63, 3.8) is 0 Å². The molecular weight excluding hydrogens is 264 g/mol. The second kappa shape index (κ2) is 6.44. The molecule has 0 aromatic carbocycles. The molecule has 0 saturated carbocycles. The molecule has 1 aliphatic rings. The molecule has 1 aromatic rings. The van der Waals surface area contributed by atoms with E-state index in [0.717, 1.165) is 26.1 Å². The van der Waals surface area contributed by atoms with Crippen LogP contribution in [0.1, 0.15) is 37.2 Å². The summed E-state index contributed by atoms with van der Waals surface area (Å²) in [5, 5.41) is 3.70. The molecule has 1 unspecified atom stereocenters. The van der Waals surface area contributed by atoms with E-state index in [2.05, 4.69) is 19.2 Å². The van der Waals surface area contributed by atoms with E-state index in [0.29, 0.717) is 17.7 Å². The van der Waals surface area contributed by atoms with E-state index in [1.54, 1.807) is 12.1 Å². The van der Waals surface area contributed by atoms with Crippen molar-refractivity contribution in [1.29, 1.82) is 0 Å². The van der Waals surface area contributed by atoms with Gasteiger partial charge in [0.1, 0.15) is 0 Å². The molecule has 1 aliphatic heterocycles. The number of furan rings is 1. The lowest BCUT2D eigenvalue weighted by Gasteiger charge is -2.32. The van der Waals surface area contributed by atoms with Crippen LogP contribution in [-0.2, 0) is 0 Å². The summed E-state index contributed by atoms with van der Waals surface area (Å²) in [5.41, 5.74) is 0. The van der Waals surface area contributed by atoms with Crippen molar-refractivity contribution in [2.24, 2.45) is 5.92 Å². The Morgan fingerprint density at radius 2 is 2.37 bits per heavy atom. The highest BCUT2D eigenvalue weighted by Gasteiger charge is 2.26. The zero-order valence-electron chi connectivity index (χ0n) is 11.5. The first kappa shape index (κ1) is 14.4. The molecule has 0 spiro atoms. The summed E-state index contributed by atoms with van der Waals surface area (Å²) in [5.74, 6) is 0.800. The Morgan fingerprint density at radius 1 is 1.58 bits per heavy atom. The van der Waals surface area contributed by atoms with Gasteiger partial charge < -0.3 is 14.6 Å². The number of carbonyl (C=O) groups is 1. The third-order valence-corrected chi connectivity index (χ3v) is 3.61. The number of nitrogens with one attached hydrogen (secondary N) is 1. The normalized spacial score (nSPS) is 20.0. The zero-order chi connectivity index (χ0) is 13.8. The van der Waals surface area contributed by atoms with Gasteiger partial charge in [-0.3, -0.25) is 4.79 Å². The van der Waals surface area contributed by atoms with Crippen molar-refractivity contribution in [3.05, 3.63) is 23.1 Å². The molecule has 2 heterocycles. The molecule has 1 N–H and O–H groups in total. The maximum Gasteiger partial charge on any atom is 0.289 e. The predicted octanol–water partition coefficient (Wildman–Crippen LogP) is 2.78. The summed E-state index contributed by atoms with van der Waals surface area (Å²) in [6.45, 7) is 6.82. The van der Waals surface area contributed by atoms with Crippen LogP contribution in [0.2, 0.25) is 5.22 Å². The van der Waals surface area contributed by atoms with Crippen molar-refractivity contribution in [2.45, 2.75) is 32.7 Å². The number of likely N-dealkylation sites (tertiary alicyclic amines) is 1. The Bertz CT molecular complexity index is 431. The van der Waals surface area contributed by atoms with Crippen LogP contribution >= 0.6 is 11.6 Å². The molecule has 1 aromatic heterocycles. The van der Waals surface area contributed by atoms with Crippen molar-refractivity contribution < 1.29 is 9.21 Å². The summed E-state index contributed by atoms with van der Waals surface area (Å²) >= 11 is 5.71. The number of rotatable bonds is 4. The van der Waals surface area contributed by atoms with E-state index in [9.17, 15) is 4.79 Å². The first-order chi connectivity index (χ1) is 9.06. The Kier molecular flexibility index (Phi) is 4.88. The highest BCUT2D eigenvalue weighted by molar-refractivity contribution is 6.29. The van der Waals surface area contributed by atoms with Gasteiger partial charge in [0.25, 0.3) is 5.91 Å². The predicted molar refractivity (Wildman–Crippen MR) is 75.5 cm³/mol. The average molecular weight is 285 g/mol. The van der Waals surface area contributed by atoms with Crippen molar-refractivity contribution in [2.75, 3.05) is 19.6 Å². The lowest BCUT2D eigenvalue weighted by Crippen LogP contribution is -2.43. The van der Waals surface area contributed by atoms with Gasteiger partial charge in [-0.05, 0) is 49.0 Å². The fourth-order valence-corrected chi connectivity index (χ4v) is 2.55. The number of hydrogen-bond acceptors (Lipinski definition) is 3. The maximum atomic E-state index is 12.2. The second-order valence-corrected chi connectivity index (χ2v) is 5.80. The summed E-state index contributed by atoms with van der Waals surface area (Å²) in [4.78, 5) is 14.1. The molecule has 4 nitrogen and oxygen atoms in total. The first-order valence-corrected chi connectivity index (χ1v) is 7.22. The van der Waals surface area contributed by atoms with Crippen LogP contribution in [0.15, 0.2) is 16.5 Å². The largest absolute Gasteiger partial charge is 0.440 e. The van der Waals surface area contributed by atoms with E-state index in [1.165, 1.54) is 6.42 Å². The quantitative estimate of drug-likeness (QED) is 0.925. The Labute approximate surface area is 119 Å². The summed E-state index contributed by atoms with van der Waals surface area (Å²) in [7, 11) is 0. The highest BCUT2D eigenvalue weighted by atomic mass is 35.5. The molecule has 2 rings (SSSR count). The van der Waals surface area contributed by atoms with Gasteiger partial charge in [0, 0.05) is 19.1 Å². The van der Waals surface area contributed by atoms with Crippen molar-refractivity contribution >= 4 is 17.5 Å². The number of piperidine rings is 1. The molecular formula is C14H21ClN2O2. The Hall–Kier alpha value is -1.00. The van der Waals surface area contributed by atoms with Gasteiger partial charge in [-0.2, -0.15) is 0 Å². The molecule has 0 bridgehead atoms. The summed E-state index contributed by atoms with van der Waals surface area (Å²) in [6.07, 6.45) is 2.22. The van der Waals surface area contributed by atoms with Crippen LogP contribution in [0.4, 0.5) is 0 Å². The van der Waals surface area contributed by atoms with Gasteiger partial charge in [-0.15, -0.1) is 0 Å². The standard InChI is InChI=1S/C14H21ClN2O2/c1-10(2)16-8-11-4-3-7-17(9-11)14(18)12-5-6-13(15)19-12/h5-6,10-11,16H,3-4,7-9H2,1-2H3. The third-order valence-electron chi connectivity index (χ3n) is 3.40. The number of carbonyl (C=O) groups excluding carboxylic acids is 1. The smallest absolute Gasteiger partial charge is 0.289 e. The SMILES string of the molecule is CC(C)NCC1CCCN(C(=O)c2ccc(Cl)o2)C1. The minimum Gasteiger partial charge on any atom is -0.440 e. The van der Waals surface area contributed by atoms with E-state index >= 15 is 0 Å². The maximum absolute atomic E-state index is 12.2. The van der Waals surface area contributed by atoms with Crippen LogP contribution in [0.5, 0.6) is 0 Å². The van der Waals surface area contributed by atoms with Crippen LogP contribution < -0.4 is 5.32 Å². The van der Waals surface area contributed by atoms with Crippen LogP contribution in [0.25, 0.3) is 0 Å². The first-order valence-electron chi connectivity index (χ1n) is 6.84. The summed E-state index contributed by atoms with van der Waals surface area (Å²) < 4.78 is 5.19. The number of amides is 1. The number of nitrogens with zero attached hydrogens (tertiary/aromatic N) is 1. The van der Waals surface area contributed by atoms with Crippen LogP contribution in [0.3, 0.4) is 0 Å². The van der Waals surface area contributed by atoms with E-state index < -0.39 is 0 Å². The van der Waals surface area contributed by atoms with E-state index in [-0.39, 0.29) is 11.1 Å². The Balaban J connectivity index is 1.91. The molecule has 1 amide bonds. The van der Waals surface area contributed by atoms with Gasteiger partial charge in [-0.25, -0.2) is 0 Å². The van der Waals surface area contributed by atoms with Crippen molar-refractivity contribution in [3.8, 4) is 0 Å². The molecule has 19 heavy (non-hydrogen) atoms. The zero-order valence-corrected chi connectivity index (χ0v) is 12.2. The minimum absolute atomic E-state index is 0.0545. The van der Waals surface area contributed by atoms with Crippen LogP contribution in [0, 0.1) is 5.92 Å².